The number of rotatable bonds is 6. The van der Waals surface area contributed by atoms with Crippen LogP contribution in [0, 0.1) is 5.92 Å². The molecule has 1 aliphatic heterocycles. The molecule has 18 heavy (non-hydrogen) atoms. The molecule has 2 heterocycles. The third-order valence-electron chi connectivity index (χ3n) is 3.74. The highest BCUT2D eigenvalue weighted by Gasteiger charge is 2.26. The van der Waals surface area contributed by atoms with Gasteiger partial charge in [-0.3, -0.25) is 4.90 Å². The number of thiazole rings is 1. The van der Waals surface area contributed by atoms with Crippen molar-refractivity contribution in [1.82, 2.24) is 15.2 Å². The minimum absolute atomic E-state index is 0.680. The maximum absolute atomic E-state index is 5.96. The molecule has 5 heteroatoms. The second-order valence-electron chi connectivity index (χ2n) is 5.49. The van der Waals surface area contributed by atoms with E-state index in [9.17, 15) is 0 Å². The lowest BCUT2D eigenvalue weighted by Crippen LogP contribution is -2.38. The van der Waals surface area contributed by atoms with Crippen LogP contribution in [0.1, 0.15) is 30.7 Å². The molecule has 0 radical (unpaired) electrons. The summed E-state index contributed by atoms with van der Waals surface area (Å²) in [6.45, 7) is 4.54. The first-order valence-corrected chi connectivity index (χ1v) is 8.05. The first kappa shape index (κ1) is 12.9. The standard InChI is InChI=1S/C13H20ClN3S/c14-12-6-16-13(18-12)9-17(7-10-3-4-10)8-11-2-1-5-15-11/h6,10-11,15H,1-5,7-9H2. The van der Waals surface area contributed by atoms with Crippen molar-refractivity contribution in [1.29, 1.82) is 0 Å². The number of hydrogen-bond donors (Lipinski definition) is 1. The van der Waals surface area contributed by atoms with E-state index in [0.29, 0.717) is 6.04 Å². The van der Waals surface area contributed by atoms with Crippen LogP contribution in [0.2, 0.25) is 4.34 Å². The molecule has 0 aromatic carbocycles. The summed E-state index contributed by atoms with van der Waals surface area (Å²) in [6, 6.07) is 0.680. The van der Waals surface area contributed by atoms with E-state index in [0.717, 1.165) is 28.4 Å². The number of halogens is 1. The van der Waals surface area contributed by atoms with Crippen LogP contribution in [0.5, 0.6) is 0 Å². The zero-order valence-electron chi connectivity index (χ0n) is 10.6. The van der Waals surface area contributed by atoms with E-state index in [1.165, 1.54) is 38.8 Å². The molecule has 3 rings (SSSR count). The molecule has 1 aromatic rings. The molecule has 1 aromatic heterocycles. The Kier molecular flexibility index (Phi) is 4.19. The fourth-order valence-corrected chi connectivity index (χ4v) is 3.64. The molecule has 0 amide bonds. The second kappa shape index (κ2) is 5.87. The van der Waals surface area contributed by atoms with Crippen molar-refractivity contribution in [3.63, 3.8) is 0 Å². The van der Waals surface area contributed by atoms with Gasteiger partial charge in [0.15, 0.2) is 0 Å². The van der Waals surface area contributed by atoms with Crippen LogP contribution >= 0.6 is 22.9 Å². The predicted molar refractivity (Wildman–Crippen MR) is 76.1 cm³/mol. The van der Waals surface area contributed by atoms with E-state index in [4.69, 9.17) is 11.6 Å². The summed E-state index contributed by atoms with van der Waals surface area (Å²) in [5.41, 5.74) is 0. The smallest absolute Gasteiger partial charge is 0.113 e. The summed E-state index contributed by atoms with van der Waals surface area (Å²) in [7, 11) is 0. The molecule has 100 valence electrons. The molecular weight excluding hydrogens is 266 g/mol. The van der Waals surface area contributed by atoms with Gasteiger partial charge in [-0.05, 0) is 38.1 Å². The van der Waals surface area contributed by atoms with Gasteiger partial charge in [0, 0.05) is 19.1 Å². The number of nitrogens with one attached hydrogen (secondary N) is 1. The Bertz CT molecular complexity index is 385. The number of aromatic nitrogens is 1. The van der Waals surface area contributed by atoms with Crippen LogP contribution in [0.25, 0.3) is 0 Å². The van der Waals surface area contributed by atoms with E-state index >= 15 is 0 Å². The summed E-state index contributed by atoms with van der Waals surface area (Å²) in [5, 5.41) is 4.74. The summed E-state index contributed by atoms with van der Waals surface area (Å²) in [6.07, 6.45) is 7.23. The third kappa shape index (κ3) is 3.67. The van der Waals surface area contributed by atoms with Gasteiger partial charge in [0.2, 0.25) is 0 Å². The van der Waals surface area contributed by atoms with Crippen molar-refractivity contribution in [2.75, 3.05) is 19.6 Å². The van der Waals surface area contributed by atoms with Crippen LogP contribution in [0.3, 0.4) is 0 Å². The van der Waals surface area contributed by atoms with E-state index in [-0.39, 0.29) is 0 Å². The largest absolute Gasteiger partial charge is 0.313 e. The van der Waals surface area contributed by atoms with Crippen LogP contribution in [0.4, 0.5) is 0 Å². The molecule has 1 saturated carbocycles. The predicted octanol–water partition coefficient (Wildman–Crippen LogP) is 2.76. The summed E-state index contributed by atoms with van der Waals surface area (Å²) in [5.74, 6) is 0.932. The lowest BCUT2D eigenvalue weighted by Gasteiger charge is -2.24. The summed E-state index contributed by atoms with van der Waals surface area (Å²) in [4.78, 5) is 6.95. The molecule has 1 unspecified atom stereocenters. The van der Waals surface area contributed by atoms with E-state index in [1.54, 1.807) is 17.5 Å². The van der Waals surface area contributed by atoms with Gasteiger partial charge in [-0.1, -0.05) is 11.6 Å². The van der Waals surface area contributed by atoms with Gasteiger partial charge in [0.25, 0.3) is 0 Å². The van der Waals surface area contributed by atoms with E-state index in [1.807, 2.05) is 0 Å². The average molecular weight is 286 g/mol. The molecule has 1 N–H and O–H groups in total. The zero-order valence-corrected chi connectivity index (χ0v) is 12.1. The van der Waals surface area contributed by atoms with Gasteiger partial charge in [-0.15, -0.1) is 11.3 Å². The van der Waals surface area contributed by atoms with Gasteiger partial charge in [-0.25, -0.2) is 4.98 Å². The zero-order chi connectivity index (χ0) is 12.4. The van der Waals surface area contributed by atoms with Gasteiger partial charge in [-0.2, -0.15) is 0 Å². The van der Waals surface area contributed by atoms with Crippen molar-refractivity contribution in [2.45, 2.75) is 38.3 Å². The maximum Gasteiger partial charge on any atom is 0.113 e. The summed E-state index contributed by atoms with van der Waals surface area (Å²) >= 11 is 7.57. The van der Waals surface area contributed by atoms with E-state index < -0.39 is 0 Å². The van der Waals surface area contributed by atoms with Crippen molar-refractivity contribution >= 4 is 22.9 Å². The lowest BCUT2D eigenvalue weighted by atomic mass is 10.2. The van der Waals surface area contributed by atoms with Gasteiger partial charge in [0.1, 0.15) is 9.34 Å². The highest BCUT2D eigenvalue weighted by Crippen LogP contribution is 2.31. The first-order valence-electron chi connectivity index (χ1n) is 6.85. The lowest BCUT2D eigenvalue weighted by molar-refractivity contribution is 0.231. The van der Waals surface area contributed by atoms with Crippen molar-refractivity contribution in [3.8, 4) is 0 Å². The third-order valence-corrected chi connectivity index (χ3v) is 4.84. The molecule has 0 bridgehead atoms. The van der Waals surface area contributed by atoms with Gasteiger partial charge in [0.05, 0.1) is 12.7 Å². The monoisotopic (exact) mass is 285 g/mol. The Morgan fingerprint density at radius 3 is 2.89 bits per heavy atom. The Morgan fingerprint density at radius 1 is 1.39 bits per heavy atom. The van der Waals surface area contributed by atoms with Crippen LogP contribution < -0.4 is 5.32 Å². The van der Waals surface area contributed by atoms with Crippen molar-refractivity contribution in [2.24, 2.45) is 5.92 Å². The van der Waals surface area contributed by atoms with Crippen molar-refractivity contribution in [3.05, 3.63) is 15.5 Å². The van der Waals surface area contributed by atoms with Crippen LogP contribution in [0.15, 0.2) is 6.20 Å². The normalized spacial score (nSPS) is 24.0. The van der Waals surface area contributed by atoms with Gasteiger partial charge >= 0.3 is 0 Å². The van der Waals surface area contributed by atoms with Gasteiger partial charge < -0.3 is 5.32 Å². The minimum atomic E-state index is 0.680. The quantitative estimate of drug-likeness (QED) is 0.871. The fraction of sp³-hybridized carbons (Fsp3) is 0.769. The van der Waals surface area contributed by atoms with Crippen LogP contribution in [-0.4, -0.2) is 35.6 Å². The molecule has 0 spiro atoms. The Morgan fingerprint density at radius 2 is 2.28 bits per heavy atom. The molecule has 2 aliphatic rings. The molecular formula is C13H20ClN3S. The molecule has 3 nitrogen and oxygen atoms in total. The first-order chi connectivity index (χ1) is 8.79. The average Bonchev–Trinajstić information content (AvgIpc) is 2.84. The second-order valence-corrected chi connectivity index (χ2v) is 7.24. The van der Waals surface area contributed by atoms with Crippen molar-refractivity contribution < 1.29 is 0 Å². The van der Waals surface area contributed by atoms with Crippen LogP contribution in [-0.2, 0) is 6.54 Å². The fourth-order valence-electron chi connectivity index (χ4n) is 2.65. The molecule has 2 fully saturated rings. The Hall–Kier alpha value is -0.160. The number of hydrogen-bond acceptors (Lipinski definition) is 4. The molecule has 1 aliphatic carbocycles. The highest BCUT2D eigenvalue weighted by atomic mass is 35.5. The molecule has 1 saturated heterocycles. The number of nitrogens with zero attached hydrogens (tertiary/aromatic N) is 2. The van der Waals surface area contributed by atoms with E-state index in [2.05, 4.69) is 15.2 Å². The summed E-state index contributed by atoms with van der Waals surface area (Å²) < 4.78 is 0.801. The highest BCUT2D eigenvalue weighted by molar-refractivity contribution is 7.15. The Labute approximate surface area is 118 Å². The topological polar surface area (TPSA) is 28.2 Å². The maximum atomic E-state index is 5.96. The molecule has 1 atom stereocenters. The SMILES string of the molecule is Clc1cnc(CN(CC2CC2)CC2CCCN2)s1. The minimum Gasteiger partial charge on any atom is -0.313 e. The Balaban J connectivity index is 1.57.